The van der Waals surface area contributed by atoms with Crippen molar-refractivity contribution in [1.82, 2.24) is 30.5 Å². The first-order chi connectivity index (χ1) is 14.2. The van der Waals surface area contributed by atoms with Crippen molar-refractivity contribution >= 4 is 16.9 Å². The van der Waals surface area contributed by atoms with Crippen LogP contribution in [-0.2, 0) is 0 Å². The topological polar surface area (TPSA) is 90.6 Å². The van der Waals surface area contributed by atoms with Gasteiger partial charge in [-0.3, -0.25) is 9.89 Å². The lowest BCUT2D eigenvalue weighted by molar-refractivity contribution is 0.0706. The molecule has 3 heterocycles. The minimum absolute atomic E-state index is 0.0116. The average Bonchev–Trinajstić information content (AvgIpc) is 3.43. The number of nitrogens with one attached hydrogen (secondary N) is 2. The lowest BCUT2D eigenvalue weighted by Crippen LogP contribution is -2.39. The number of hydrogen-bond acceptors (Lipinski definition) is 4. The number of fused-ring (bicyclic) bond motifs is 1. The molecule has 29 heavy (non-hydrogen) atoms. The molecule has 1 atom stereocenters. The highest BCUT2D eigenvalue weighted by Crippen LogP contribution is 2.33. The van der Waals surface area contributed by atoms with Crippen LogP contribution in [0.4, 0.5) is 4.39 Å². The van der Waals surface area contributed by atoms with Crippen molar-refractivity contribution in [2.75, 3.05) is 13.1 Å². The van der Waals surface area contributed by atoms with Crippen LogP contribution in [-0.4, -0.2) is 49.5 Å². The number of aromatic amines is 2. The zero-order valence-electron chi connectivity index (χ0n) is 15.6. The van der Waals surface area contributed by atoms with E-state index in [1.54, 1.807) is 36.5 Å². The molecule has 0 saturated carbocycles. The van der Waals surface area contributed by atoms with Gasteiger partial charge in [-0.25, -0.2) is 4.39 Å². The van der Waals surface area contributed by atoms with E-state index >= 15 is 0 Å². The molecule has 1 aliphatic heterocycles. The van der Waals surface area contributed by atoms with Crippen LogP contribution >= 0.6 is 0 Å². The van der Waals surface area contributed by atoms with E-state index in [1.807, 2.05) is 4.90 Å². The van der Waals surface area contributed by atoms with E-state index in [0.717, 1.165) is 35.2 Å². The number of hydrogen-bond donors (Lipinski definition) is 2. The Morgan fingerprint density at radius 1 is 1.10 bits per heavy atom. The second-order valence-corrected chi connectivity index (χ2v) is 7.32. The van der Waals surface area contributed by atoms with Gasteiger partial charge in [-0.1, -0.05) is 12.1 Å². The summed E-state index contributed by atoms with van der Waals surface area (Å²) in [7, 11) is 0. The van der Waals surface area contributed by atoms with Gasteiger partial charge in [0.25, 0.3) is 5.91 Å². The van der Waals surface area contributed by atoms with E-state index in [1.165, 1.54) is 12.1 Å². The summed E-state index contributed by atoms with van der Waals surface area (Å²) in [4.78, 5) is 15.0. The van der Waals surface area contributed by atoms with Crippen LogP contribution in [0.15, 0.2) is 48.7 Å². The Morgan fingerprint density at radius 2 is 1.93 bits per heavy atom. The number of piperidine rings is 1. The highest BCUT2D eigenvalue weighted by Gasteiger charge is 2.28. The number of H-pyrrole nitrogens is 2. The largest absolute Gasteiger partial charge is 0.338 e. The van der Waals surface area contributed by atoms with E-state index in [-0.39, 0.29) is 17.6 Å². The van der Waals surface area contributed by atoms with Gasteiger partial charge in [-0.05, 0) is 48.7 Å². The smallest absolute Gasteiger partial charge is 0.253 e. The standard InChI is InChI=1S/C21H19FN6O/c22-16-6-3-13(4-7-16)17-11-23-26-20(17)15-2-1-9-28(12-15)21(29)14-5-8-18-19(10-14)25-27-24-18/h3-8,10-11,15H,1-2,9,12H2,(H,23,26)(H,24,25,27). The molecule has 0 bridgehead atoms. The second kappa shape index (κ2) is 7.12. The zero-order chi connectivity index (χ0) is 19.8. The van der Waals surface area contributed by atoms with Gasteiger partial charge >= 0.3 is 0 Å². The molecule has 1 aliphatic rings. The number of likely N-dealkylation sites (tertiary alicyclic amines) is 1. The van der Waals surface area contributed by atoms with E-state index < -0.39 is 0 Å². The Hall–Kier alpha value is -3.55. The summed E-state index contributed by atoms with van der Waals surface area (Å²) >= 11 is 0. The molecule has 1 unspecified atom stereocenters. The maximum absolute atomic E-state index is 13.3. The Kier molecular flexibility index (Phi) is 4.31. The highest BCUT2D eigenvalue weighted by atomic mass is 19.1. The van der Waals surface area contributed by atoms with E-state index in [4.69, 9.17) is 0 Å². The van der Waals surface area contributed by atoms with Gasteiger partial charge in [-0.15, -0.1) is 0 Å². The Balaban J connectivity index is 1.39. The van der Waals surface area contributed by atoms with Gasteiger partial charge in [0, 0.05) is 35.8 Å². The molecule has 8 heteroatoms. The maximum atomic E-state index is 13.3. The molecule has 2 aromatic heterocycles. The molecule has 146 valence electrons. The lowest BCUT2D eigenvalue weighted by Gasteiger charge is -2.32. The predicted molar refractivity (Wildman–Crippen MR) is 106 cm³/mol. The fourth-order valence-corrected chi connectivity index (χ4v) is 4.02. The first-order valence-electron chi connectivity index (χ1n) is 9.58. The van der Waals surface area contributed by atoms with Crippen molar-refractivity contribution in [3.05, 3.63) is 65.7 Å². The minimum atomic E-state index is -0.266. The third-order valence-corrected chi connectivity index (χ3v) is 5.50. The van der Waals surface area contributed by atoms with Crippen LogP contribution in [0.2, 0.25) is 0 Å². The number of amides is 1. The molecular formula is C21H19FN6O. The predicted octanol–water partition coefficient (Wildman–Crippen LogP) is 3.51. The molecule has 7 nitrogen and oxygen atoms in total. The van der Waals surface area contributed by atoms with Gasteiger partial charge < -0.3 is 4.90 Å². The molecule has 0 radical (unpaired) electrons. The van der Waals surface area contributed by atoms with Gasteiger partial charge in [0.05, 0.1) is 6.20 Å². The zero-order valence-corrected chi connectivity index (χ0v) is 15.6. The van der Waals surface area contributed by atoms with Gasteiger partial charge in [0.2, 0.25) is 0 Å². The number of carbonyl (C=O) groups excluding carboxylic acids is 1. The number of rotatable bonds is 3. The molecule has 5 rings (SSSR count). The van der Waals surface area contributed by atoms with Crippen molar-refractivity contribution in [3.8, 4) is 11.1 Å². The van der Waals surface area contributed by atoms with Gasteiger partial charge in [0.1, 0.15) is 16.9 Å². The lowest BCUT2D eigenvalue weighted by atomic mass is 9.90. The van der Waals surface area contributed by atoms with Crippen molar-refractivity contribution in [2.45, 2.75) is 18.8 Å². The van der Waals surface area contributed by atoms with Crippen LogP contribution < -0.4 is 0 Å². The molecule has 1 saturated heterocycles. The first kappa shape index (κ1) is 17.5. The fraction of sp³-hybridized carbons (Fsp3) is 0.238. The summed E-state index contributed by atoms with van der Waals surface area (Å²) in [5.74, 6) is -0.134. The minimum Gasteiger partial charge on any atom is -0.338 e. The number of carbonyl (C=O) groups is 1. The first-order valence-corrected chi connectivity index (χ1v) is 9.58. The summed E-state index contributed by atoms with van der Waals surface area (Å²) in [5, 5.41) is 18.0. The summed E-state index contributed by atoms with van der Waals surface area (Å²) < 4.78 is 13.3. The SMILES string of the molecule is O=C(c1ccc2n[nH]nc2c1)N1CCCC(c2[nH]ncc2-c2ccc(F)cc2)C1. The Labute approximate surface area is 165 Å². The van der Waals surface area contributed by atoms with Gasteiger partial charge in [0.15, 0.2) is 0 Å². The van der Waals surface area contributed by atoms with E-state index in [2.05, 4.69) is 25.6 Å². The molecule has 0 aliphatic carbocycles. The quantitative estimate of drug-likeness (QED) is 0.560. The Morgan fingerprint density at radius 3 is 2.79 bits per heavy atom. The third kappa shape index (κ3) is 3.26. The van der Waals surface area contributed by atoms with Crippen LogP contribution in [0.1, 0.15) is 34.8 Å². The molecule has 0 spiro atoms. The molecule has 1 amide bonds. The van der Waals surface area contributed by atoms with Gasteiger partial charge in [-0.2, -0.15) is 20.5 Å². The van der Waals surface area contributed by atoms with Crippen molar-refractivity contribution in [3.63, 3.8) is 0 Å². The van der Waals surface area contributed by atoms with Crippen LogP contribution in [0, 0.1) is 5.82 Å². The number of nitrogens with zero attached hydrogens (tertiary/aromatic N) is 4. The van der Waals surface area contributed by atoms with Crippen molar-refractivity contribution in [1.29, 1.82) is 0 Å². The summed E-state index contributed by atoms with van der Waals surface area (Å²) in [6.07, 6.45) is 3.63. The number of halogens is 1. The number of benzene rings is 2. The third-order valence-electron chi connectivity index (χ3n) is 5.50. The normalized spacial score (nSPS) is 17.0. The van der Waals surface area contributed by atoms with Crippen molar-refractivity contribution < 1.29 is 9.18 Å². The average molecular weight is 390 g/mol. The summed E-state index contributed by atoms with van der Waals surface area (Å²) in [6.45, 7) is 1.32. The number of aromatic nitrogens is 5. The van der Waals surface area contributed by atoms with E-state index in [9.17, 15) is 9.18 Å². The van der Waals surface area contributed by atoms with Crippen LogP contribution in [0.25, 0.3) is 22.2 Å². The summed E-state index contributed by atoms with van der Waals surface area (Å²) in [5.41, 5.74) is 4.87. The van der Waals surface area contributed by atoms with Crippen LogP contribution in [0.5, 0.6) is 0 Å². The molecular weight excluding hydrogens is 371 g/mol. The second-order valence-electron chi connectivity index (χ2n) is 7.32. The molecule has 2 N–H and O–H groups in total. The van der Waals surface area contributed by atoms with Crippen LogP contribution in [0.3, 0.4) is 0 Å². The monoisotopic (exact) mass is 390 g/mol. The summed E-state index contributed by atoms with van der Waals surface area (Å²) in [6, 6.07) is 11.8. The molecule has 2 aromatic carbocycles. The maximum Gasteiger partial charge on any atom is 0.253 e. The Bertz CT molecular complexity index is 1170. The van der Waals surface area contributed by atoms with Crippen molar-refractivity contribution in [2.24, 2.45) is 0 Å². The highest BCUT2D eigenvalue weighted by molar-refractivity contribution is 5.97. The molecule has 1 fully saturated rings. The fourth-order valence-electron chi connectivity index (χ4n) is 4.02. The van der Waals surface area contributed by atoms with E-state index in [0.29, 0.717) is 24.2 Å². The molecule has 4 aromatic rings.